The van der Waals surface area contributed by atoms with E-state index in [2.05, 4.69) is 56.5 Å². The molecule has 0 saturated carbocycles. The summed E-state index contributed by atoms with van der Waals surface area (Å²) >= 11 is 3.29. The van der Waals surface area contributed by atoms with Crippen LogP contribution in [-0.2, 0) is 22.5 Å². The van der Waals surface area contributed by atoms with Gasteiger partial charge in [0.15, 0.2) is 0 Å². The van der Waals surface area contributed by atoms with Crippen LogP contribution in [0.15, 0.2) is 70.3 Å². The molecule has 0 bridgehead atoms. The zero-order valence-electron chi connectivity index (χ0n) is 22.6. The normalized spacial score (nSPS) is 11.8. The molecule has 0 unspecified atom stereocenters. The number of halogens is 1. The molecule has 0 amide bonds. The molecule has 0 spiro atoms. The largest absolute Gasteiger partial charge is 0.472 e. The summed E-state index contributed by atoms with van der Waals surface area (Å²) < 4.78 is 43.3. The molecule has 9 nitrogen and oxygen atoms in total. The topological polar surface area (TPSA) is 108 Å². The van der Waals surface area contributed by atoms with Gasteiger partial charge in [0.25, 0.3) is 10.0 Å². The van der Waals surface area contributed by atoms with Crippen LogP contribution < -0.4 is 14.2 Å². The highest BCUT2D eigenvalue weighted by atomic mass is 79.9. The van der Waals surface area contributed by atoms with Gasteiger partial charge in [-0.15, -0.1) is 5.10 Å². The Morgan fingerprint density at radius 1 is 0.974 bits per heavy atom. The molecule has 0 radical (unpaired) electrons. The van der Waals surface area contributed by atoms with Crippen molar-refractivity contribution in [3.05, 3.63) is 76.5 Å². The molecule has 0 fully saturated rings. The second-order valence-corrected chi connectivity index (χ2v) is 12.4. The van der Waals surface area contributed by atoms with Crippen molar-refractivity contribution >= 4 is 31.8 Å². The predicted octanol–water partition coefficient (Wildman–Crippen LogP) is 5.89. The van der Waals surface area contributed by atoms with Crippen molar-refractivity contribution in [1.29, 1.82) is 0 Å². The van der Waals surface area contributed by atoms with Gasteiger partial charge in [-0.25, -0.2) is 23.1 Å². The lowest BCUT2D eigenvalue weighted by atomic mass is 9.82. The summed E-state index contributed by atoms with van der Waals surface area (Å²) in [5.41, 5.74) is 3.40. The first-order valence-corrected chi connectivity index (χ1v) is 14.8. The van der Waals surface area contributed by atoms with Gasteiger partial charge in [0, 0.05) is 19.4 Å². The van der Waals surface area contributed by atoms with Gasteiger partial charge < -0.3 is 9.47 Å². The van der Waals surface area contributed by atoms with Crippen LogP contribution in [0.3, 0.4) is 0 Å². The van der Waals surface area contributed by atoms with E-state index in [-0.39, 0.29) is 35.4 Å². The number of rotatable bonds is 11. The van der Waals surface area contributed by atoms with Crippen molar-refractivity contribution in [2.45, 2.75) is 44.4 Å². The molecule has 0 atom stereocenters. The van der Waals surface area contributed by atoms with Gasteiger partial charge in [-0.05, 0) is 57.9 Å². The van der Waals surface area contributed by atoms with Gasteiger partial charge in [0.05, 0.1) is 14.9 Å². The van der Waals surface area contributed by atoms with Crippen LogP contribution in [0.5, 0.6) is 11.9 Å². The first-order chi connectivity index (χ1) is 18.5. The second-order valence-electron chi connectivity index (χ2n) is 9.77. The van der Waals surface area contributed by atoms with Crippen molar-refractivity contribution in [2.75, 3.05) is 17.9 Å². The van der Waals surface area contributed by atoms with Crippen molar-refractivity contribution in [3.8, 4) is 23.0 Å². The second kappa shape index (κ2) is 11.7. The van der Waals surface area contributed by atoms with E-state index < -0.39 is 10.0 Å². The smallest absolute Gasteiger partial charge is 0.316 e. The van der Waals surface area contributed by atoms with Crippen LogP contribution in [0.1, 0.15) is 38.3 Å². The molecule has 39 heavy (non-hydrogen) atoms. The molecule has 0 aliphatic rings. The average Bonchev–Trinajstić information content (AvgIpc) is 3.22. The summed E-state index contributed by atoms with van der Waals surface area (Å²) in [6.07, 6.45) is 4.12. The maximum absolute atomic E-state index is 13.4. The van der Waals surface area contributed by atoms with Gasteiger partial charge in [-0.2, -0.15) is 0 Å². The molecular formula is C28H32BrN5O4S. The molecule has 2 aromatic heterocycles. The number of aromatic nitrogens is 4. The Morgan fingerprint density at radius 2 is 1.59 bits per heavy atom. The minimum absolute atomic E-state index is 0.0458. The lowest BCUT2D eigenvalue weighted by Gasteiger charge is -2.23. The summed E-state index contributed by atoms with van der Waals surface area (Å²) in [7, 11) is -2.24. The molecule has 1 N–H and O–H groups in total. The Kier molecular flexibility index (Phi) is 8.60. The Labute approximate surface area is 237 Å². The van der Waals surface area contributed by atoms with E-state index in [1.54, 1.807) is 31.6 Å². The highest BCUT2D eigenvalue weighted by Crippen LogP contribution is 2.38. The fourth-order valence-corrected chi connectivity index (χ4v) is 5.13. The van der Waals surface area contributed by atoms with Crippen LogP contribution in [0.4, 0.5) is 5.82 Å². The molecule has 0 aliphatic heterocycles. The molecular weight excluding hydrogens is 582 g/mol. The van der Waals surface area contributed by atoms with E-state index in [0.29, 0.717) is 11.4 Å². The van der Waals surface area contributed by atoms with Crippen LogP contribution in [0.25, 0.3) is 11.1 Å². The van der Waals surface area contributed by atoms with Crippen molar-refractivity contribution in [1.82, 2.24) is 19.7 Å². The van der Waals surface area contributed by atoms with E-state index in [1.165, 1.54) is 4.68 Å². The highest BCUT2D eigenvalue weighted by Gasteiger charge is 2.25. The fourth-order valence-electron chi connectivity index (χ4n) is 3.82. The molecule has 0 aliphatic carbocycles. The summed E-state index contributed by atoms with van der Waals surface area (Å²) in [5, 5.41) is 4.48. The number of ether oxygens (including phenoxy) is 2. The molecule has 0 saturated heterocycles. The number of hydrogen-bond donors (Lipinski definition) is 1. The van der Waals surface area contributed by atoms with E-state index in [9.17, 15) is 8.42 Å². The van der Waals surface area contributed by atoms with Gasteiger partial charge in [0.2, 0.25) is 5.88 Å². The summed E-state index contributed by atoms with van der Waals surface area (Å²) in [6.45, 7) is 8.69. The number of hydrogen-bond acceptors (Lipinski definition) is 7. The number of anilines is 1. The summed E-state index contributed by atoms with van der Waals surface area (Å²) in [4.78, 5) is 8.32. The van der Waals surface area contributed by atoms with Crippen molar-refractivity contribution in [3.63, 3.8) is 0 Å². The third-order valence-electron chi connectivity index (χ3n) is 6.57. The van der Waals surface area contributed by atoms with Crippen LogP contribution in [0.2, 0.25) is 0 Å². The van der Waals surface area contributed by atoms with Crippen LogP contribution in [0, 0.1) is 6.92 Å². The van der Waals surface area contributed by atoms with E-state index in [0.717, 1.165) is 27.6 Å². The lowest BCUT2D eigenvalue weighted by molar-refractivity contribution is 0.201. The van der Waals surface area contributed by atoms with Gasteiger partial charge >= 0.3 is 6.01 Å². The first kappa shape index (κ1) is 28.6. The summed E-state index contributed by atoms with van der Waals surface area (Å²) in [5.74, 6) is 0.573. The van der Waals surface area contributed by atoms with Crippen LogP contribution in [-0.4, -0.2) is 41.4 Å². The Balaban J connectivity index is 1.60. The number of benzene rings is 2. The Morgan fingerprint density at radius 3 is 2.21 bits per heavy atom. The number of nitrogens with one attached hydrogen (secondary N) is 1. The van der Waals surface area contributed by atoms with Crippen molar-refractivity contribution < 1.29 is 17.9 Å². The summed E-state index contributed by atoms with van der Waals surface area (Å²) in [6, 6.07) is 14.9. The SMILES string of the molecule is CCC(C)(C)c1ccc(S(=O)(=O)Nc2c(-c3ccc(C)cc3)c(OCCOc3ncc(Br)cn3)nn2C)cc1. The van der Waals surface area contributed by atoms with E-state index >= 15 is 0 Å². The van der Waals surface area contributed by atoms with Crippen LogP contribution >= 0.6 is 15.9 Å². The minimum atomic E-state index is -3.91. The first-order valence-electron chi connectivity index (χ1n) is 12.5. The molecule has 206 valence electrons. The number of aryl methyl sites for hydroxylation is 2. The van der Waals surface area contributed by atoms with Crippen molar-refractivity contribution in [2.24, 2.45) is 7.05 Å². The molecule has 2 aromatic carbocycles. The van der Waals surface area contributed by atoms with Gasteiger partial charge in [-0.1, -0.05) is 62.7 Å². The zero-order chi connectivity index (χ0) is 28.2. The molecule has 4 rings (SSSR count). The Bertz CT molecular complexity index is 1520. The maximum atomic E-state index is 13.4. The van der Waals surface area contributed by atoms with Gasteiger partial charge in [-0.3, -0.25) is 4.72 Å². The maximum Gasteiger partial charge on any atom is 0.316 e. The number of nitrogens with zero attached hydrogens (tertiary/aromatic N) is 4. The average molecular weight is 615 g/mol. The number of sulfonamides is 1. The highest BCUT2D eigenvalue weighted by molar-refractivity contribution is 9.10. The standard InChI is InChI=1S/C28H32BrN5O4S/c1-6-28(3,4)21-11-13-23(14-12-21)39(35,36)33-25-24(20-9-7-19(2)8-10-20)26(32-34(25)5)37-15-16-38-27-30-17-22(29)18-31-27/h7-14,17-18,33H,6,15-16H2,1-5H3. The third kappa shape index (κ3) is 6.77. The van der Waals surface area contributed by atoms with Gasteiger partial charge in [0.1, 0.15) is 19.0 Å². The van der Waals surface area contributed by atoms with E-state index in [4.69, 9.17) is 9.47 Å². The predicted molar refractivity (Wildman–Crippen MR) is 155 cm³/mol. The monoisotopic (exact) mass is 613 g/mol. The lowest BCUT2D eigenvalue weighted by Crippen LogP contribution is -2.18. The minimum Gasteiger partial charge on any atom is -0.472 e. The third-order valence-corrected chi connectivity index (χ3v) is 8.33. The zero-order valence-corrected chi connectivity index (χ0v) is 25.0. The quantitative estimate of drug-likeness (QED) is 0.210. The Hall–Kier alpha value is -3.44. The molecule has 2 heterocycles. The fraction of sp³-hybridized carbons (Fsp3) is 0.321. The molecule has 11 heteroatoms. The van der Waals surface area contributed by atoms with E-state index in [1.807, 2.05) is 43.3 Å². The molecule has 4 aromatic rings.